The molecule has 0 fully saturated rings. The molecule has 74 valence electrons. The van der Waals surface area contributed by atoms with Crippen LogP contribution in [0.4, 0.5) is 4.79 Å². The van der Waals surface area contributed by atoms with Gasteiger partial charge >= 0.3 is 6.09 Å². The number of Topliss-reactive ketones (excluding diaryl/α,β-unsaturated/α-hetero) is 1. The summed E-state index contributed by atoms with van der Waals surface area (Å²) in [5, 5.41) is 0. The molecule has 0 atom stereocenters. The van der Waals surface area contributed by atoms with Crippen LogP contribution in [0, 0.1) is 0 Å². The van der Waals surface area contributed by atoms with E-state index < -0.39 is 6.09 Å². The van der Waals surface area contributed by atoms with Crippen LogP contribution in [-0.4, -0.2) is 16.9 Å². The van der Waals surface area contributed by atoms with Crippen LogP contribution in [0.3, 0.4) is 0 Å². The maximum Gasteiger partial charge on any atom is 0.410 e. The number of aromatic nitrogens is 1. The van der Waals surface area contributed by atoms with Gasteiger partial charge in [0.15, 0.2) is 11.5 Å². The summed E-state index contributed by atoms with van der Waals surface area (Å²) in [7, 11) is 0. The number of carbonyl (C=O) groups is 2. The highest BCUT2D eigenvalue weighted by Gasteiger charge is 2.06. The zero-order valence-electron chi connectivity index (χ0n) is 7.69. The van der Waals surface area contributed by atoms with Gasteiger partial charge in [-0.3, -0.25) is 9.78 Å². The number of pyridine rings is 1. The molecule has 5 nitrogen and oxygen atoms in total. The van der Waals surface area contributed by atoms with E-state index in [4.69, 9.17) is 5.73 Å². The maximum atomic E-state index is 11.2. The molecule has 0 bridgehead atoms. The number of primary amides is 1. The van der Waals surface area contributed by atoms with Gasteiger partial charge in [-0.05, 0) is 6.07 Å². The predicted molar refractivity (Wildman–Crippen MR) is 49.1 cm³/mol. The van der Waals surface area contributed by atoms with Crippen molar-refractivity contribution in [1.82, 2.24) is 4.98 Å². The highest BCUT2D eigenvalue weighted by molar-refractivity contribution is 5.95. The number of ketones is 1. The zero-order chi connectivity index (χ0) is 10.6. The second kappa shape index (κ2) is 4.36. The van der Waals surface area contributed by atoms with Crippen LogP contribution in [-0.2, 0) is 0 Å². The Balaban J connectivity index is 2.89. The van der Waals surface area contributed by atoms with Crippen LogP contribution >= 0.6 is 0 Å². The molecule has 1 aromatic heterocycles. The quantitative estimate of drug-likeness (QED) is 0.731. The molecule has 0 unspecified atom stereocenters. The first-order valence-corrected chi connectivity index (χ1v) is 4.09. The van der Waals surface area contributed by atoms with E-state index in [9.17, 15) is 9.59 Å². The van der Waals surface area contributed by atoms with Gasteiger partial charge in [0.1, 0.15) is 0 Å². The monoisotopic (exact) mass is 194 g/mol. The lowest BCUT2D eigenvalue weighted by molar-refractivity contribution is 0.0987. The van der Waals surface area contributed by atoms with Crippen molar-refractivity contribution in [3.8, 4) is 5.75 Å². The van der Waals surface area contributed by atoms with E-state index in [2.05, 4.69) is 9.72 Å². The van der Waals surface area contributed by atoms with Gasteiger partial charge in [-0.25, -0.2) is 4.79 Å². The lowest BCUT2D eigenvalue weighted by Gasteiger charge is -2.01. The van der Waals surface area contributed by atoms with E-state index >= 15 is 0 Å². The molecule has 0 aliphatic rings. The summed E-state index contributed by atoms with van der Waals surface area (Å²) >= 11 is 0. The number of hydrogen-bond donors (Lipinski definition) is 1. The SMILES string of the molecule is CCC(=O)c1cncc(OC(N)=O)c1. The molecule has 0 aliphatic heterocycles. The van der Waals surface area contributed by atoms with Crippen molar-refractivity contribution in [2.45, 2.75) is 13.3 Å². The number of nitrogens with two attached hydrogens (primary N) is 1. The third kappa shape index (κ3) is 2.55. The molecule has 1 rings (SSSR count). The van der Waals surface area contributed by atoms with Gasteiger partial charge in [0, 0.05) is 18.2 Å². The second-order valence-electron chi connectivity index (χ2n) is 2.61. The number of ether oxygens (including phenoxy) is 1. The first kappa shape index (κ1) is 10.2. The molecule has 0 saturated heterocycles. The van der Waals surface area contributed by atoms with E-state index in [1.807, 2.05) is 0 Å². The van der Waals surface area contributed by atoms with Crippen molar-refractivity contribution in [2.24, 2.45) is 5.73 Å². The Morgan fingerprint density at radius 2 is 2.21 bits per heavy atom. The summed E-state index contributed by atoms with van der Waals surface area (Å²) in [6.07, 6.45) is 2.19. The Bertz CT molecular complexity index is 363. The van der Waals surface area contributed by atoms with Crippen molar-refractivity contribution in [3.63, 3.8) is 0 Å². The first-order valence-electron chi connectivity index (χ1n) is 4.09. The normalized spacial score (nSPS) is 9.50. The summed E-state index contributed by atoms with van der Waals surface area (Å²) in [4.78, 5) is 25.4. The van der Waals surface area contributed by atoms with Gasteiger partial charge in [0.25, 0.3) is 0 Å². The van der Waals surface area contributed by atoms with Gasteiger partial charge < -0.3 is 10.5 Å². The smallest absolute Gasteiger partial charge is 0.409 e. The van der Waals surface area contributed by atoms with Crippen LogP contribution in [0.1, 0.15) is 23.7 Å². The molecule has 0 radical (unpaired) electrons. The van der Waals surface area contributed by atoms with Crippen LogP contribution in [0.25, 0.3) is 0 Å². The minimum absolute atomic E-state index is 0.0626. The Morgan fingerprint density at radius 1 is 1.50 bits per heavy atom. The zero-order valence-corrected chi connectivity index (χ0v) is 7.69. The summed E-state index contributed by atoms with van der Waals surface area (Å²) < 4.78 is 4.57. The third-order valence-corrected chi connectivity index (χ3v) is 1.57. The Hall–Kier alpha value is -1.91. The van der Waals surface area contributed by atoms with Crippen molar-refractivity contribution in [3.05, 3.63) is 24.0 Å². The summed E-state index contributed by atoms with van der Waals surface area (Å²) in [6.45, 7) is 1.74. The molecule has 1 heterocycles. The maximum absolute atomic E-state index is 11.2. The summed E-state index contributed by atoms with van der Waals surface area (Å²) in [5.74, 6) is 0.115. The van der Waals surface area contributed by atoms with E-state index in [1.165, 1.54) is 18.5 Å². The molecular weight excluding hydrogens is 184 g/mol. The molecular formula is C9H10N2O3. The first-order chi connectivity index (χ1) is 6.63. The van der Waals surface area contributed by atoms with E-state index in [1.54, 1.807) is 6.92 Å². The lowest BCUT2D eigenvalue weighted by atomic mass is 10.1. The average Bonchev–Trinajstić information content (AvgIpc) is 2.16. The van der Waals surface area contributed by atoms with Crippen LogP contribution < -0.4 is 10.5 Å². The number of nitrogens with zero attached hydrogens (tertiary/aromatic N) is 1. The Labute approximate surface area is 80.9 Å². The molecule has 1 amide bonds. The Morgan fingerprint density at radius 3 is 2.79 bits per heavy atom. The minimum Gasteiger partial charge on any atom is -0.409 e. The third-order valence-electron chi connectivity index (χ3n) is 1.57. The molecule has 14 heavy (non-hydrogen) atoms. The predicted octanol–water partition coefficient (Wildman–Crippen LogP) is 1.13. The van der Waals surface area contributed by atoms with Gasteiger partial charge in [-0.2, -0.15) is 0 Å². The highest BCUT2D eigenvalue weighted by atomic mass is 16.5. The summed E-state index contributed by atoms with van der Waals surface area (Å²) in [6, 6.07) is 1.43. The lowest BCUT2D eigenvalue weighted by Crippen LogP contribution is -2.16. The van der Waals surface area contributed by atoms with Crippen molar-refractivity contribution >= 4 is 11.9 Å². The van der Waals surface area contributed by atoms with Crippen molar-refractivity contribution < 1.29 is 14.3 Å². The van der Waals surface area contributed by atoms with Gasteiger partial charge in [0.05, 0.1) is 6.20 Å². The molecule has 5 heteroatoms. The largest absolute Gasteiger partial charge is 0.410 e. The highest BCUT2D eigenvalue weighted by Crippen LogP contribution is 2.12. The average molecular weight is 194 g/mol. The number of amides is 1. The minimum atomic E-state index is -0.923. The number of rotatable bonds is 3. The van der Waals surface area contributed by atoms with Crippen LogP contribution in [0.15, 0.2) is 18.5 Å². The molecule has 0 spiro atoms. The standard InChI is InChI=1S/C9H10N2O3/c1-2-8(12)6-3-7(5-11-4-6)14-9(10)13/h3-5H,2H2,1H3,(H2,10,13). The number of hydrogen-bond acceptors (Lipinski definition) is 4. The topological polar surface area (TPSA) is 82.3 Å². The number of carbonyl (C=O) groups excluding carboxylic acids is 2. The van der Waals surface area contributed by atoms with Gasteiger partial charge in [-0.1, -0.05) is 6.92 Å². The summed E-state index contributed by atoms with van der Waals surface area (Å²) in [5.41, 5.74) is 5.22. The van der Waals surface area contributed by atoms with Crippen molar-refractivity contribution in [1.29, 1.82) is 0 Å². The molecule has 0 aliphatic carbocycles. The molecule has 0 saturated carbocycles. The fourth-order valence-corrected chi connectivity index (χ4v) is 0.947. The Kier molecular flexibility index (Phi) is 3.17. The fourth-order valence-electron chi connectivity index (χ4n) is 0.947. The van der Waals surface area contributed by atoms with E-state index in [0.29, 0.717) is 12.0 Å². The van der Waals surface area contributed by atoms with Gasteiger partial charge in [-0.15, -0.1) is 0 Å². The van der Waals surface area contributed by atoms with E-state index in [0.717, 1.165) is 0 Å². The van der Waals surface area contributed by atoms with Crippen LogP contribution in [0.5, 0.6) is 5.75 Å². The molecule has 1 aromatic rings. The van der Waals surface area contributed by atoms with Crippen molar-refractivity contribution in [2.75, 3.05) is 0 Å². The van der Waals surface area contributed by atoms with E-state index in [-0.39, 0.29) is 11.5 Å². The molecule has 0 aromatic carbocycles. The second-order valence-corrected chi connectivity index (χ2v) is 2.61. The fraction of sp³-hybridized carbons (Fsp3) is 0.222. The molecule has 2 N–H and O–H groups in total. The van der Waals surface area contributed by atoms with Gasteiger partial charge in [0.2, 0.25) is 0 Å². The van der Waals surface area contributed by atoms with Crippen LogP contribution in [0.2, 0.25) is 0 Å².